The second kappa shape index (κ2) is 5.19. The molecular formula is C18H15FN2O2. The van der Waals surface area contributed by atoms with E-state index >= 15 is 0 Å². The van der Waals surface area contributed by atoms with Crippen LogP contribution in [0.25, 0.3) is 0 Å². The predicted octanol–water partition coefficient (Wildman–Crippen LogP) is 4.56. The molecule has 0 radical (unpaired) electrons. The molecule has 0 unspecified atom stereocenters. The lowest BCUT2D eigenvalue weighted by Gasteiger charge is -2.37. The summed E-state index contributed by atoms with van der Waals surface area (Å²) in [6.45, 7) is 0. The van der Waals surface area contributed by atoms with Crippen LogP contribution >= 0.6 is 0 Å². The fourth-order valence-electron chi connectivity index (χ4n) is 3.75. The monoisotopic (exact) mass is 310 g/mol. The normalized spacial score (nSPS) is 24.7. The summed E-state index contributed by atoms with van der Waals surface area (Å²) < 4.78 is 14.2. The number of allylic oxidation sites excluding steroid dienone is 2. The van der Waals surface area contributed by atoms with Gasteiger partial charge in [-0.15, -0.1) is 0 Å². The molecule has 1 N–H and O–H groups in total. The van der Waals surface area contributed by atoms with Crippen molar-refractivity contribution in [1.82, 2.24) is 0 Å². The lowest BCUT2D eigenvalue weighted by molar-refractivity contribution is -0.384. The molecule has 5 heteroatoms. The number of nitrogens with zero attached hydrogens (tertiary/aromatic N) is 1. The molecule has 0 bridgehead atoms. The third kappa shape index (κ3) is 2.20. The van der Waals surface area contributed by atoms with Gasteiger partial charge in [0.15, 0.2) is 0 Å². The molecule has 116 valence electrons. The molecule has 0 saturated heterocycles. The first-order valence-corrected chi connectivity index (χ1v) is 7.61. The van der Waals surface area contributed by atoms with Crippen molar-refractivity contribution in [2.75, 3.05) is 5.32 Å². The van der Waals surface area contributed by atoms with Gasteiger partial charge in [0.1, 0.15) is 5.82 Å². The number of nitro groups is 1. The molecule has 23 heavy (non-hydrogen) atoms. The lowest BCUT2D eigenvalue weighted by atomic mass is 9.77. The Morgan fingerprint density at radius 3 is 2.87 bits per heavy atom. The van der Waals surface area contributed by atoms with Gasteiger partial charge in [0.2, 0.25) is 0 Å². The highest BCUT2D eigenvalue weighted by molar-refractivity contribution is 5.60. The van der Waals surface area contributed by atoms with Crippen molar-refractivity contribution in [1.29, 1.82) is 0 Å². The molecule has 0 spiro atoms. The van der Waals surface area contributed by atoms with Crippen LogP contribution in [-0.4, -0.2) is 4.92 Å². The van der Waals surface area contributed by atoms with Gasteiger partial charge in [-0.2, -0.15) is 0 Å². The zero-order chi connectivity index (χ0) is 16.0. The van der Waals surface area contributed by atoms with Gasteiger partial charge in [-0.05, 0) is 29.5 Å². The van der Waals surface area contributed by atoms with Crippen LogP contribution in [0.5, 0.6) is 0 Å². The molecular weight excluding hydrogens is 295 g/mol. The summed E-state index contributed by atoms with van der Waals surface area (Å²) in [5.41, 5.74) is 2.36. The Hall–Kier alpha value is -2.69. The van der Waals surface area contributed by atoms with Crippen molar-refractivity contribution in [3.8, 4) is 0 Å². The molecule has 1 aliphatic heterocycles. The first-order valence-electron chi connectivity index (χ1n) is 7.61. The summed E-state index contributed by atoms with van der Waals surface area (Å²) in [6.07, 6.45) is 5.11. The molecule has 2 aliphatic rings. The minimum atomic E-state index is -0.398. The van der Waals surface area contributed by atoms with Crippen LogP contribution in [0.2, 0.25) is 0 Å². The van der Waals surface area contributed by atoms with E-state index < -0.39 is 4.92 Å². The fraction of sp³-hybridized carbons (Fsp3) is 0.222. The third-order valence-electron chi connectivity index (χ3n) is 4.79. The second-order valence-electron chi connectivity index (χ2n) is 6.03. The van der Waals surface area contributed by atoms with Crippen LogP contribution in [0, 0.1) is 21.8 Å². The number of anilines is 1. The highest BCUT2D eigenvalue weighted by atomic mass is 19.1. The van der Waals surface area contributed by atoms with Crippen LogP contribution in [0.3, 0.4) is 0 Å². The van der Waals surface area contributed by atoms with Gasteiger partial charge in [-0.25, -0.2) is 4.39 Å². The minimum Gasteiger partial charge on any atom is -0.375 e. The maximum Gasteiger partial charge on any atom is 0.269 e. The van der Waals surface area contributed by atoms with Gasteiger partial charge >= 0.3 is 0 Å². The molecule has 1 aliphatic carbocycles. The first kappa shape index (κ1) is 13.9. The van der Waals surface area contributed by atoms with Gasteiger partial charge in [-0.1, -0.05) is 36.4 Å². The number of nitrogens with one attached hydrogen (secondary N) is 1. The summed E-state index contributed by atoms with van der Waals surface area (Å²) in [5, 5.41) is 14.3. The Morgan fingerprint density at radius 2 is 2.04 bits per heavy atom. The van der Waals surface area contributed by atoms with Crippen LogP contribution in [0.1, 0.15) is 29.5 Å². The number of hydrogen-bond donors (Lipinski definition) is 1. The van der Waals surface area contributed by atoms with E-state index in [1.807, 2.05) is 12.1 Å². The number of hydrogen-bond acceptors (Lipinski definition) is 3. The van der Waals surface area contributed by atoms with Gasteiger partial charge < -0.3 is 5.32 Å². The van der Waals surface area contributed by atoms with E-state index in [2.05, 4.69) is 17.5 Å². The number of fused-ring (bicyclic) bond motifs is 3. The van der Waals surface area contributed by atoms with Crippen molar-refractivity contribution in [3.05, 3.63) is 81.7 Å². The predicted molar refractivity (Wildman–Crippen MR) is 85.8 cm³/mol. The molecule has 0 fully saturated rings. The third-order valence-corrected chi connectivity index (χ3v) is 4.79. The maximum atomic E-state index is 14.2. The van der Waals surface area contributed by atoms with Gasteiger partial charge in [0, 0.05) is 18.1 Å². The van der Waals surface area contributed by atoms with Crippen molar-refractivity contribution >= 4 is 11.4 Å². The summed E-state index contributed by atoms with van der Waals surface area (Å²) in [5.74, 6) is 0.106. The Kier molecular flexibility index (Phi) is 3.15. The molecule has 1 heterocycles. The SMILES string of the molecule is O=[N+]([O-])c1cccc([C@@H]2Nc3c(F)cccc3[C@@H]3C=CC[C@H]32)c1. The second-order valence-corrected chi connectivity index (χ2v) is 6.03. The Bertz CT molecular complexity index is 818. The van der Waals surface area contributed by atoms with Crippen LogP contribution in [0.15, 0.2) is 54.6 Å². The highest BCUT2D eigenvalue weighted by Crippen LogP contribution is 2.50. The van der Waals surface area contributed by atoms with Gasteiger partial charge in [0.05, 0.1) is 16.7 Å². The quantitative estimate of drug-likeness (QED) is 0.502. The Morgan fingerprint density at radius 1 is 1.22 bits per heavy atom. The summed E-state index contributed by atoms with van der Waals surface area (Å²) in [6, 6.07) is 11.6. The largest absolute Gasteiger partial charge is 0.375 e. The molecule has 3 atom stereocenters. The molecule has 0 saturated carbocycles. The van der Waals surface area contributed by atoms with Gasteiger partial charge in [-0.3, -0.25) is 10.1 Å². The van der Waals surface area contributed by atoms with Crippen LogP contribution in [-0.2, 0) is 0 Å². The van der Waals surface area contributed by atoms with E-state index in [1.165, 1.54) is 12.1 Å². The highest BCUT2D eigenvalue weighted by Gasteiger charge is 2.39. The summed E-state index contributed by atoms with van der Waals surface area (Å²) in [7, 11) is 0. The number of non-ortho nitro benzene ring substituents is 1. The fourth-order valence-corrected chi connectivity index (χ4v) is 3.75. The molecule has 4 rings (SSSR count). The van der Waals surface area contributed by atoms with E-state index in [0.717, 1.165) is 17.5 Å². The average Bonchev–Trinajstić information content (AvgIpc) is 3.04. The topological polar surface area (TPSA) is 55.2 Å². The maximum absolute atomic E-state index is 14.2. The zero-order valence-electron chi connectivity index (χ0n) is 12.3. The summed E-state index contributed by atoms with van der Waals surface area (Å²) >= 11 is 0. The number of rotatable bonds is 2. The first-order chi connectivity index (χ1) is 11.1. The number of nitro benzene ring substituents is 1. The average molecular weight is 310 g/mol. The van der Waals surface area contributed by atoms with Crippen molar-refractivity contribution < 1.29 is 9.31 Å². The smallest absolute Gasteiger partial charge is 0.269 e. The van der Waals surface area contributed by atoms with Crippen molar-refractivity contribution in [2.24, 2.45) is 5.92 Å². The standard InChI is InChI=1S/C18H15FN2O2/c19-16-9-3-8-15-13-6-2-7-14(13)17(20-18(15)16)11-4-1-5-12(10-11)21(22)23/h1-6,8-10,13-14,17,20H,7H2/t13-,14-,17+/m1/s1. The van der Waals surface area contributed by atoms with Crippen molar-refractivity contribution in [3.63, 3.8) is 0 Å². The Balaban J connectivity index is 1.80. The van der Waals surface area contributed by atoms with E-state index in [9.17, 15) is 14.5 Å². The van der Waals surface area contributed by atoms with E-state index in [1.54, 1.807) is 18.2 Å². The van der Waals surface area contributed by atoms with Gasteiger partial charge in [0.25, 0.3) is 5.69 Å². The molecule has 0 aromatic heterocycles. The molecule has 2 aromatic rings. The number of halogens is 1. The van der Waals surface area contributed by atoms with Crippen LogP contribution in [0.4, 0.5) is 15.8 Å². The molecule has 4 nitrogen and oxygen atoms in total. The Labute approximate surface area is 132 Å². The molecule has 2 aromatic carbocycles. The minimum absolute atomic E-state index is 0.0612. The number of benzene rings is 2. The van der Waals surface area contributed by atoms with E-state index in [0.29, 0.717) is 5.69 Å². The van der Waals surface area contributed by atoms with E-state index in [-0.39, 0.29) is 29.4 Å². The van der Waals surface area contributed by atoms with Crippen LogP contribution < -0.4 is 5.32 Å². The number of para-hydroxylation sites is 1. The molecule has 0 amide bonds. The van der Waals surface area contributed by atoms with E-state index in [4.69, 9.17) is 0 Å². The zero-order valence-corrected chi connectivity index (χ0v) is 12.3. The van der Waals surface area contributed by atoms with Crippen molar-refractivity contribution in [2.45, 2.75) is 18.4 Å². The summed E-state index contributed by atoms with van der Waals surface area (Å²) in [4.78, 5) is 10.6. The lowest BCUT2D eigenvalue weighted by Crippen LogP contribution is -2.29.